The lowest BCUT2D eigenvalue weighted by molar-refractivity contribution is -0.116. The number of carbonyl (C=O) groups excluding carboxylic acids is 1. The van der Waals surface area contributed by atoms with E-state index in [0.29, 0.717) is 10.0 Å². The number of benzene rings is 3. The van der Waals surface area contributed by atoms with Crippen molar-refractivity contribution in [1.29, 1.82) is 0 Å². The van der Waals surface area contributed by atoms with Crippen molar-refractivity contribution in [3.63, 3.8) is 0 Å². The average molecular weight is 743 g/mol. The largest absolute Gasteiger partial charge is 0.400 e. The maximum absolute atomic E-state index is 12.9. The lowest BCUT2D eigenvalue weighted by Gasteiger charge is -2.36. The second-order valence-corrected chi connectivity index (χ2v) is 16.1. The van der Waals surface area contributed by atoms with Gasteiger partial charge in [-0.05, 0) is 81.5 Å². The molecule has 1 atom stereocenters. The van der Waals surface area contributed by atoms with Crippen molar-refractivity contribution < 1.29 is 9.22 Å². The van der Waals surface area contributed by atoms with Gasteiger partial charge in [0, 0.05) is 47.1 Å². The summed E-state index contributed by atoms with van der Waals surface area (Å²) >= 11 is 14.3. The molecule has 0 saturated heterocycles. The molecule has 3 heterocycles. The molecule has 6 rings (SSSR count). The standard InChI is InChI=1S/C43H39Cl2N4O2Si/c1-43(2,3)42(51-52(35-12-6-4-7-13-35)36-14-8-5-9-15-36)40-37(44)21-22-38(41(40)45)49-28-10-11-34(49)30-48-39(50)23-18-32-17-20-33(47-29-32)19-16-31-24-26-46-27-25-31/h4-29,42H,30H2,1-3H3,(H,48,50). The quantitative estimate of drug-likeness (QED) is 0.100. The van der Waals surface area contributed by atoms with Crippen molar-refractivity contribution >= 4 is 66.8 Å². The minimum Gasteiger partial charge on any atom is -0.400 e. The zero-order valence-electron chi connectivity index (χ0n) is 29.2. The molecule has 0 bridgehead atoms. The highest BCUT2D eigenvalue weighted by Gasteiger charge is 2.36. The molecule has 3 aromatic carbocycles. The number of pyridine rings is 2. The van der Waals surface area contributed by atoms with Crippen molar-refractivity contribution in [2.45, 2.75) is 33.4 Å². The zero-order valence-corrected chi connectivity index (χ0v) is 31.7. The van der Waals surface area contributed by atoms with Gasteiger partial charge in [-0.25, -0.2) is 0 Å². The molecule has 0 aliphatic heterocycles. The van der Waals surface area contributed by atoms with Crippen LogP contribution in [0.15, 0.2) is 140 Å². The number of rotatable bonds is 12. The Kier molecular flexibility index (Phi) is 12.0. The Hall–Kier alpha value is -5.05. The topological polar surface area (TPSA) is 69.0 Å². The second-order valence-electron chi connectivity index (χ2n) is 13.3. The van der Waals surface area contributed by atoms with Crippen LogP contribution in [0, 0.1) is 5.41 Å². The van der Waals surface area contributed by atoms with E-state index in [0.717, 1.165) is 44.1 Å². The molecule has 6 nitrogen and oxygen atoms in total. The minimum atomic E-state index is -1.68. The van der Waals surface area contributed by atoms with Gasteiger partial charge in [-0.15, -0.1) is 0 Å². The summed E-state index contributed by atoms with van der Waals surface area (Å²) in [6.45, 7) is 6.71. The van der Waals surface area contributed by atoms with Gasteiger partial charge in [-0.3, -0.25) is 14.8 Å². The molecule has 52 heavy (non-hydrogen) atoms. The maximum Gasteiger partial charge on any atom is 0.283 e. The van der Waals surface area contributed by atoms with Crippen LogP contribution in [0.3, 0.4) is 0 Å². The highest BCUT2D eigenvalue weighted by Crippen LogP contribution is 2.45. The first-order chi connectivity index (χ1) is 25.2. The molecule has 0 spiro atoms. The maximum atomic E-state index is 12.9. The SMILES string of the molecule is CC(C)(C)C(O[Si](c1ccccc1)c1ccccc1)c1c(Cl)ccc(-n2cccc2CNC(=O)C=Cc2ccc(C=Cc3ccncc3)nc2)c1Cl. The fourth-order valence-corrected chi connectivity index (χ4v) is 8.69. The molecule has 1 amide bonds. The molecule has 1 radical (unpaired) electrons. The average Bonchev–Trinajstić information content (AvgIpc) is 3.63. The summed E-state index contributed by atoms with van der Waals surface area (Å²) in [4.78, 5) is 21.4. The number of hydrogen-bond acceptors (Lipinski definition) is 4. The monoisotopic (exact) mass is 741 g/mol. The Balaban J connectivity index is 1.19. The van der Waals surface area contributed by atoms with Crippen LogP contribution in [-0.2, 0) is 15.8 Å². The zero-order chi connectivity index (χ0) is 36.5. The van der Waals surface area contributed by atoms with Gasteiger partial charge >= 0.3 is 0 Å². The van der Waals surface area contributed by atoms with E-state index in [4.69, 9.17) is 27.6 Å². The van der Waals surface area contributed by atoms with Crippen LogP contribution in [0.2, 0.25) is 10.0 Å². The summed E-state index contributed by atoms with van der Waals surface area (Å²) in [5.74, 6) is -0.227. The van der Waals surface area contributed by atoms with E-state index in [1.165, 1.54) is 6.08 Å². The molecular formula is C43H39Cl2N4O2Si. The number of hydrogen-bond donors (Lipinski definition) is 1. The normalized spacial score (nSPS) is 12.5. The third kappa shape index (κ3) is 9.24. The Labute approximate surface area is 317 Å². The van der Waals surface area contributed by atoms with Crippen molar-refractivity contribution in [2.75, 3.05) is 0 Å². The number of nitrogens with zero attached hydrogens (tertiary/aromatic N) is 3. The van der Waals surface area contributed by atoms with Crippen molar-refractivity contribution in [3.05, 3.63) is 178 Å². The van der Waals surface area contributed by atoms with Crippen molar-refractivity contribution in [3.8, 4) is 5.69 Å². The van der Waals surface area contributed by atoms with Crippen LogP contribution in [0.1, 0.15) is 55.0 Å². The van der Waals surface area contributed by atoms with Crippen LogP contribution in [0.25, 0.3) is 23.9 Å². The van der Waals surface area contributed by atoms with Crippen molar-refractivity contribution in [2.24, 2.45) is 5.41 Å². The smallest absolute Gasteiger partial charge is 0.283 e. The molecule has 261 valence electrons. The van der Waals surface area contributed by atoms with Gasteiger partial charge in [0.1, 0.15) is 0 Å². The molecule has 1 unspecified atom stereocenters. The van der Waals surface area contributed by atoms with Gasteiger partial charge in [-0.2, -0.15) is 0 Å². The van der Waals surface area contributed by atoms with Crippen LogP contribution in [0.4, 0.5) is 0 Å². The predicted molar refractivity (Wildman–Crippen MR) is 215 cm³/mol. The van der Waals surface area contributed by atoms with Gasteiger partial charge in [0.25, 0.3) is 9.04 Å². The molecule has 3 aromatic heterocycles. The molecule has 0 aliphatic carbocycles. The summed E-state index contributed by atoms with van der Waals surface area (Å²) in [6.07, 6.45) is 13.9. The molecule has 9 heteroatoms. The third-order valence-electron chi connectivity index (χ3n) is 8.39. The van der Waals surface area contributed by atoms with E-state index in [9.17, 15) is 4.79 Å². The van der Waals surface area contributed by atoms with Crippen LogP contribution < -0.4 is 15.7 Å². The van der Waals surface area contributed by atoms with Gasteiger partial charge < -0.3 is 14.3 Å². The third-order valence-corrected chi connectivity index (χ3v) is 11.3. The van der Waals surface area contributed by atoms with E-state index in [1.807, 2.05) is 108 Å². The molecule has 0 fully saturated rings. The van der Waals surface area contributed by atoms with E-state index in [-0.39, 0.29) is 17.9 Å². The predicted octanol–water partition coefficient (Wildman–Crippen LogP) is 8.98. The number of nitrogens with one attached hydrogen (secondary N) is 1. The van der Waals surface area contributed by atoms with Gasteiger partial charge in [-0.1, -0.05) is 117 Å². The lowest BCUT2D eigenvalue weighted by atomic mass is 9.84. The number of carbonyl (C=O) groups is 1. The van der Waals surface area contributed by atoms with Crippen LogP contribution in [0.5, 0.6) is 0 Å². The Morgan fingerprint density at radius 3 is 2.15 bits per heavy atom. The van der Waals surface area contributed by atoms with E-state index >= 15 is 0 Å². The summed E-state index contributed by atoms with van der Waals surface area (Å²) in [5.41, 5.74) is 4.68. The van der Waals surface area contributed by atoms with Crippen LogP contribution in [-0.4, -0.2) is 29.5 Å². The van der Waals surface area contributed by atoms with E-state index < -0.39 is 15.1 Å². The number of aromatic nitrogens is 3. The first-order valence-corrected chi connectivity index (χ1v) is 19.1. The van der Waals surface area contributed by atoms with Gasteiger partial charge in [0.2, 0.25) is 5.91 Å². The van der Waals surface area contributed by atoms with Gasteiger partial charge in [0.15, 0.2) is 0 Å². The highest BCUT2D eigenvalue weighted by atomic mass is 35.5. The lowest BCUT2D eigenvalue weighted by Crippen LogP contribution is -2.47. The second kappa shape index (κ2) is 17.0. The van der Waals surface area contributed by atoms with E-state index in [1.54, 1.807) is 24.7 Å². The number of amides is 1. The van der Waals surface area contributed by atoms with E-state index in [2.05, 4.69) is 60.3 Å². The molecule has 6 aromatic rings. The summed E-state index contributed by atoms with van der Waals surface area (Å²) in [6, 6.07) is 36.0. The summed E-state index contributed by atoms with van der Waals surface area (Å²) in [7, 11) is -1.68. The Bertz CT molecular complexity index is 2110. The van der Waals surface area contributed by atoms with Gasteiger partial charge in [0.05, 0.1) is 29.1 Å². The molecule has 0 saturated carbocycles. The number of halogens is 2. The fraction of sp³-hybridized carbons (Fsp3) is 0.140. The highest BCUT2D eigenvalue weighted by molar-refractivity contribution is 6.80. The Morgan fingerprint density at radius 1 is 0.827 bits per heavy atom. The fourth-order valence-electron chi connectivity index (χ4n) is 5.73. The molecule has 1 N–H and O–H groups in total. The molecule has 0 aliphatic rings. The summed E-state index contributed by atoms with van der Waals surface area (Å²) in [5, 5.41) is 6.31. The minimum absolute atomic E-state index is 0.227. The first kappa shape index (κ1) is 36.7. The Morgan fingerprint density at radius 2 is 1.52 bits per heavy atom. The van der Waals surface area contributed by atoms with Crippen molar-refractivity contribution in [1.82, 2.24) is 19.9 Å². The summed E-state index contributed by atoms with van der Waals surface area (Å²) < 4.78 is 9.15. The first-order valence-electron chi connectivity index (χ1n) is 17.0. The molecular weight excluding hydrogens is 703 g/mol. The van der Waals surface area contributed by atoms with Crippen LogP contribution >= 0.6 is 23.2 Å².